The molecule has 0 saturated carbocycles. The zero-order valence-electron chi connectivity index (χ0n) is 7.72. The van der Waals surface area contributed by atoms with Crippen LogP contribution in [0.3, 0.4) is 0 Å². The standard InChI is InChI=1S/C11H7ClN2O/c12-11-9(2-1-5-14-11)10(15)8-3-6-13-7-4-8/h1-7H. The minimum absolute atomic E-state index is 0.143. The number of carbonyl (C=O) groups is 1. The molecule has 0 saturated heterocycles. The van der Waals surface area contributed by atoms with Crippen LogP contribution in [0.4, 0.5) is 0 Å². The smallest absolute Gasteiger partial charge is 0.196 e. The molecular formula is C11H7ClN2O. The summed E-state index contributed by atoms with van der Waals surface area (Å²) in [4.78, 5) is 19.6. The highest BCUT2D eigenvalue weighted by atomic mass is 35.5. The number of ketones is 1. The van der Waals surface area contributed by atoms with E-state index in [4.69, 9.17) is 11.6 Å². The van der Waals surface area contributed by atoms with Crippen molar-refractivity contribution in [2.75, 3.05) is 0 Å². The SMILES string of the molecule is O=C(c1ccncc1)c1cccnc1Cl. The second-order valence-corrected chi connectivity index (χ2v) is 3.26. The Morgan fingerprint density at radius 2 is 1.87 bits per heavy atom. The predicted molar refractivity (Wildman–Crippen MR) is 56.9 cm³/mol. The van der Waals surface area contributed by atoms with Gasteiger partial charge < -0.3 is 0 Å². The number of halogens is 1. The first-order valence-corrected chi connectivity index (χ1v) is 4.72. The molecule has 0 atom stereocenters. The normalized spacial score (nSPS) is 9.93. The molecule has 2 heterocycles. The zero-order chi connectivity index (χ0) is 10.7. The predicted octanol–water partition coefficient (Wildman–Crippen LogP) is 2.36. The first kappa shape index (κ1) is 9.80. The molecule has 0 aliphatic heterocycles. The van der Waals surface area contributed by atoms with Gasteiger partial charge in [0.2, 0.25) is 0 Å². The maximum Gasteiger partial charge on any atom is 0.196 e. The maximum atomic E-state index is 11.9. The molecular weight excluding hydrogens is 212 g/mol. The fraction of sp³-hybridized carbons (Fsp3) is 0. The Morgan fingerprint density at radius 1 is 1.13 bits per heavy atom. The molecule has 0 aliphatic carbocycles. The molecule has 0 N–H and O–H groups in total. The highest BCUT2D eigenvalue weighted by Gasteiger charge is 2.12. The van der Waals surface area contributed by atoms with Gasteiger partial charge in [0.15, 0.2) is 5.78 Å². The van der Waals surface area contributed by atoms with Crippen molar-refractivity contribution in [2.45, 2.75) is 0 Å². The first-order chi connectivity index (χ1) is 7.29. The van der Waals surface area contributed by atoms with E-state index in [0.29, 0.717) is 11.1 Å². The van der Waals surface area contributed by atoms with E-state index in [2.05, 4.69) is 9.97 Å². The van der Waals surface area contributed by atoms with E-state index in [-0.39, 0.29) is 10.9 Å². The Kier molecular flexibility index (Phi) is 2.74. The Hall–Kier alpha value is -1.74. The summed E-state index contributed by atoms with van der Waals surface area (Å²) in [5.74, 6) is -0.143. The number of carbonyl (C=O) groups excluding carboxylic acids is 1. The van der Waals surface area contributed by atoms with Crippen molar-refractivity contribution in [3.63, 3.8) is 0 Å². The van der Waals surface area contributed by atoms with Crippen LogP contribution in [-0.4, -0.2) is 15.8 Å². The summed E-state index contributed by atoms with van der Waals surface area (Å²) in [5, 5.41) is 0.222. The van der Waals surface area contributed by atoms with Crippen molar-refractivity contribution in [3.8, 4) is 0 Å². The number of hydrogen-bond donors (Lipinski definition) is 0. The molecule has 0 fully saturated rings. The molecule has 3 nitrogen and oxygen atoms in total. The first-order valence-electron chi connectivity index (χ1n) is 4.34. The molecule has 15 heavy (non-hydrogen) atoms. The van der Waals surface area contributed by atoms with Crippen LogP contribution in [0.2, 0.25) is 5.15 Å². The van der Waals surface area contributed by atoms with Crippen molar-refractivity contribution in [2.24, 2.45) is 0 Å². The molecule has 0 radical (unpaired) electrons. The summed E-state index contributed by atoms with van der Waals surface area (Å²) in [6.45, 7) is 0. The van der Waals surface area contributed by atoms with Crippen LogP contribution in [0.15, 0.2) is 42.9 Å². The van der Waals surface area contributed by atoms with Gasteiger partial charge in [0.1, 0.15) is 5.15 Å². The molecule has 0 bridgehead atoms. The van der Waals surface area contributed by atoms with Crippen LogP contribution >= 0.6 is 11.6 Å². The molecule has 0 spiro atoms. The number of aromatic nitrogens is 2. The largest absolute Gasteiger partial charge is 0.288 e. The molecule has 2 rings (SSSR count). The van der Waals surface area contributed by atoms with Crippen molar-refractivity contribution in [3.05, 3.63) is 59.1 Å². The number of hydrogen-bond acceptors (Lipinski definition) is 3. The summed E-state index contributed by atoms with van der Waals surface area (Å²) >= 11 is 5.82. The Bertz CT molecular complexity index is 485. The highest BCUT2D eigenvalue weighted by molar-refractivity contribution is 6.33. The lowest BCUT2D eigenvalue weighted by Gasteiger charge is -2.01. The average Bonchev–Trinajstić information content (AvgIpc) is 2.30. The monoisotopic (exact) mass is 218 g/mol. The fourth-order valence-corrected chi connectivity index (χ4v) is 1.42. The summed E-state index contributed by atoms with van der Waals surface area (Å²) in [7, 11) is 0. The van der Waals surface area contributed by atoms with E-state index < -0.39 is 0 Å². The lowest BCUT2D eigenvalue weighted by Crippen LogP contribution is -2.02. The third-order valence-electron chi connectivity index (χ3n) is 1.95. The second kappa shape index (κ2) is 4.19. The van der Waals surface area contributed by atoms with Crippen LogP contribution in [-0.2, 0) is 0 Å². The molecule has 0 amide bonds. The van der Waals surface area contributed by atoms with E-state index in [0.717, 1.165) is 0 Å². The number of rotatable bonds is 2. The highest BCUT2D eigenvalue weighted by Crippen LogP contribution is 2.15. The average molecular weight is 219 g/mol. The van der Waals surface area contributed by atoms with E-state index in [1.807, 2.05) is 0 Å². The lowest BCUT2D eigenvalue weighted by atomic mass is 10.1. The minimum atomic E-state index is -0.143. The Morgan fingerprint density at radius 3 is 2.53 bits per heavy atom. The number of pyridine rings is 2. The van der Waals surface area contributed by atoms with Gasteiger partial charge in [-0.3, -0.25) is 9.78 Å². The topological polar surface area (TPSA) is 42.9 Å². The van der Waals surface area contributed by atoms with Crippen molar-refractivity contribution < 1.29 is 4.79 Å². The minimum Gasteiger partial charge on any atom is -0.288 e. The van der Waals surface area contributed by atoms with E-state index in [9.17, 15) is 4.79 Å². The van der Waals surface area contributed by atoms with Gasteiger partial charge in [0, 0.05) is 24.2 Å². The van der Waals surface area contributed by atoms with Crippen molar-refractivity contribution >= 4 is 17.4 Å². The third-order valence-corrected chi connectivity index (χ3v) is 2.25. The third kappa shape index (κ3) is 2.02. The summed E-state index contributed by atoms with van der Waals surface area (Å²) in [5.41, 5.74) is 0.963. The van der Waals surface area contributed by atoms with Gasteiger partial charge in [-0.1, -0.05) is 11.6 Å². The maximum absolute atomic E-state index is 11.9. The Labute approximate surface area is 91.8 Å². The van der Waals surface area contributed by atoms with Gasteiger partial charge in [-0.25, -0.2) is 4.98 Å². The van der Waals surface area contributed by atoms with Crippen molar-refractivity contribution in [1.82, 2.24) is 9.97 Å². The summed E-state index contributed by atoms with van der Waals surface area (Å²) in [6.07, 6.45) is 4.68. The summed E-state index contributed by atoms with van der Waals surface area (Å²) in [6, 6.07) is 6.62. The van der Waals surface area contributed by atoms with E-state index in [1.165, 1.54) is 0 Å². The van der Waals surface area contributed by atoms with Crippen LogP contribution in [0.5, 0.6) is 0 Å². The van der Waals surface area contributed by atoms with Gasteiger partial charge in [-0.05, 0) is 24.3 Å². The van der Waals surface area contributed by atoms with Crippen molar-refractivity contribution in [1.29, 1.82) is 0 Å². The molecule has 2 aromatic rings. The van der Waals surface area contributed by atoms with E-state index >= 15 is 0 Å². The Balaban J connectivity index is 2.42. The van der Waals surface area contributed by atoms with Gasteiger partial charge in [0.25, 0.3) is 0 Å². The number of nitrogens with zero attached hydrogens (tertiary/aromatic N) is 2. The molecule has 4 heteroatoms. The van der Waals surface area contributed by atoms with Gasteiger partial charge in [-0.15, -0.1) is 0 Å². The lowest BCUT2D eigenvalue weighted by molar-refractivity contribution is 0.103. The van der Waals surface area contributed by atoms with Gasteiger partial charge in [0.05, 0.1) is 5.56 Å². The van der Waals surface area contributed by atoms with Crippen LogP contribution in [0, 0.1) is 0 Å². The van der Waals surface area contributed by atoms with Gasteiger partial charge in [-0.2, -0.15) is 0 Å². The van der Waals surface area contributed by atoms with Crippen LogP contribution in [0.1, 0.15) is 15.9 Å². The van der Waals surface area contributed by atoms with Gasteiger partial charge >= 0.3 is 0 Å². The molecule has 0 aromatic carbocycles. The second-order valence-electron chi connectivity index (χ2n) is 2.91. The quantitative estimate of drug-likeness (QED) is 0.574. The molecule has 2 aromatic heterocycles. The summed E-state index contributed by atoms with van der Waals surface area (Å²) < 4.78 is 0. The molecule has 0 aliphatic rings. The van der Waals surface area contributed by atoms with Crippen LogP contribution < -0.4 is 0 Å². The fourth-order valence-electron chi connectivity index (χ4n) is 1.21. The zero-order valence-corrected chi connectivity index (χ0v) is 8.48. The van der Waals surface area contributed by atoms with E-state index in [1.54, 1.807) is 42.9 Å². The molecule has 74 valence electrons. The van der Waals surface area contributed by atoms with Crippen LogP contribution in [0.25, 0.3) is 0 Å². The molecule has 0 unspecified atom stereocenters.